The summed E-state index contributed by atoms with van der Waals surface area (Å²) >= 11 is 0. The van der Waals surface area contributed by atoms with Crippen molar-refractivity contribution >= 4 is 11.8 Å². The Morgan fingerprint density at radius 3 is 2.71 bits per heavy atom. The molecule has 0 saturated carbocycles. The summed E-state index contributed by atoms with van der Waals surface area (Å²) in [6, 6.07) is 7.44. The Bertz CT molecular complexity index is 755. The molecule has 3 rings (SSSR count). The summed E-state index contributed by atoms with van der Waals surface area (Å²) in [6.45, 7) is 3.11. The van der Waals surface area contributed by atoms with Crippen LogP contribution in [0.2, 0.25) is 0 Å². The second-order valence-electron chi connectivity index (χ2n) is 5.87. The van der Waals surface area contributed by atoms with E-state index in [1.807, 2.05) is 31.2 Å². The van der Waals surface area contributed by atoms with Crippen LogP contribution in [0.4, 0.5) is 0 Å². The molecule has 2 amide bonds. The number of carbonyl (C=O) groups is 2. The molecule has 0 spiro atoms. The van der Waals surface area contributed by atoms with Crippen LogP contribution in [0, 0.1) is 0 Å². The summed E-state index contributed by atoms with van der Waals surface area (Å²) < 4.78 is 1.68. The summed E-state index contributed by atoms with van der Waals surface area (Å²) in [5, 5.41) is 10.6. The van der Waals surface area contributed by atoms with Crippen molar-refractivity contribution in [3.63, 3.8) is 0 Å². The summed E-state index contributed by atoms with van der Waals surface area (Å²) in [4.78, 5) is 26.7. The standard InChI is InChI=1S/C17H21N5O2/c1-3-21-11-14(19-20-21)9-16(23)22-10-13-7-5-4-6-12(13)8-15(22)17(24)18-2/h4-7,11,15H,3,8-10H2,1-2H3,(H,18,24)/t15-/m0/s1. The van der Waals surface area contributed by atoms with E-state index in [2.05, 4.69) is 15.6 Å². The molecular formula is C17H21N5O2. The van der Waals surface area contributed by atoms with E-state index in [0.717, 1.165) is 11.1 Å². The van der Waals surface area contributed by atoms with Crippen molar-refractivity contribution in [3.05, 3.63) is 47.3 Å². The van der Waals surface area contributed by atoms with Gasteiger partial charge in [-0.3, -0.25) is 14.3 Å². The summed E-state index contributed by atoms with van der Waals surface area (Å²) in [5.74, 6) is -0.253. The van der Waals surface area contributed by atoms with Crippen LogP contribution in [-0.2, 0) is 35.5 Å². The molecule has 1 N–H and O–H groups in total. The molecule has 1 aliphatic heterocycles. The van der Waals surface area contributed by atoms with E-state index in [-0.39, 0.29) is 18.2 Å². The quantitative estimate of drug-likeness (QED) is 0.889. The Labute approximate surface area is 140 Å². The average Bonchev–Trinajstić information content (AvgIpc) is 3.07. The average molecular weight is 327 g/mol. The molecule has 0 fully saturated rings. The first-order valence-corrected chi connectivity index (χ1v) is 8.09. The Morgan fingerprint density at radius 1 is 1.29 bits per heavy atom. The number of likely N-dealkylation sites (N-methyl/N-ethyl adjacent to an activating group) is 1. The molecule has 7 heteroatoms. The molecule has 1 aromatic heterocycles. The molecule has 2 aromatic rings. The van der Waals surface area contributed by atoms with Crippen LogP contribution >= 0.6 is 0 Å². The van der Waals surface area contributed by atoms with Crippen molar-refractivity contribution in [2.45, 2.75) is 38.9 Å². The maximum Gasteiger partial charge on any atom is 0.242 e. The third kappa shape index (κ3) is 3.15. The van der Waals surface area contributed by atoms with E-state index in [1.165, 1.54) is 0 Å². The highest BCUT2D eigenvalue weighted by Gasteiger charge is 2.34. The smallest absolute Gasteiger partial charge is 0.242 e. The first-order chi connectivity index (χ1) is 11.6. The second kappa shape index (κ2) is 6.82. The highest BCUT2D eigenvalue weighted by molar-refractivity contribution is 5.89. The molecule has 0 radical (unpaired) electrons. The molecule has 126 valence electrons. The van der Waals surface area contributed by atoms with E-state index in [4.69, 9.17) is 0 Å². The number of amides is 2. The van der Waals surface area contributed by atoms with Crippen LogP contribution in [0.15, 0.2) is 30.5 Å². The van der Waals surface area contributed by atoms with Crippen molar-refractivity contribution in [2.24, 2.45) is 0 Å². The van der Waals surface area contributed by atoms with Gasteiger partial charge in [-0.1, -0.05) is 29.5 Å². The number of aryl methyl sites for hydroxylation is 1. The van der Waals surface area contributed by atoms with Gasteiger partial charge in [-0.25, -0.2) is 0 Å². The van der Waals surface area contributed by atoms with Gasteiger partial charge in [0.2, 0.25) is 11.8 Å². The van der Waals surface area contributed by atoms with Crippen LogP contribution in [0.1, 0.15) is 23.7 Å². The first kappa shape index (κ1) is 16.2. The Balaban J connectivity index is 1.82. The van der Waals surface area contributed by atoms with Crippen LogP contribution in [0.25, 0.3) is 0 Å². The maximum atomic E-state index is 12.8. The van der Waals surface area contributed by atoms with Crippen molar-refractivity contribution in [1.29, 1.82) is 0 Å². The van der Waals surface area contributed by atoms with E-state index >= 15 is 0 Å². The van der Waals surface area contributed by atoms with Gasteiger partial charge in [0.15, 0.2) is 0 Å². The number of benzene rings is 1. The fourth-order valence-corrected chi connectivity index (χ4v) is 3.02. The molecule has 0 aliphatic carbocycles. The van der Waals surface area contributed by atoms with Crippen LogP contribution in [0.5, 0.6) is 0 Å². The lowest BCUT2D eigenvalue weighted by atomic mass is 9.93. The van der Waals surface area contributed by atoms with Gasteiger partial charge in [0, 0.05) is 32.8 Å². The first-order valence-electron chi connectivity index (χ1n) is 8.09. The molecule has 0 bridgehead atoms. The highest BCUT2D eigenvalue weighted by Crippen LogP contribution is 2.24. The molecule has 24 heavy (non-hydrogen) atoms. The van der Waals surface area contributed by atoms with Gasteiger partial charge >= 0.3 is 0 Å². The maximum absolute atomic E-state index is 12.8. The lowest BCUT2D eigenvalue weighted by molar-refractivity contribution is -0.141. The van der Waals surface area contributed by atoms with Gasteiger partial charge in [-0.05, 0) is 18.1 Å². The molecular weight excluding hydrogens is 306 g/mol. The summed E-state index contributed by atoms with van der Waals surface area (Å²) in [7, 11) is 1.60. The van der Waals surface area contributed by atoms with E-state index in [9.17, 15) is 9.59 Å². The minimum atomic E-state index is -0.487. The second-order valence-corrected chi connectivity index (χ2v) is 5.87. The Morgan fingerprint density at radius 2 is 2.04 bits per heavy atom. The van der Waals surface area contributed by atoms with E-state index in [0.29, 0.717) is 25.2 Å². The van der Waals surface area contributed by atoms with Crippen molar-refractivity contribution in [2.75, 3.05) is 7.05 Å². The Hall–Kier alpha value is -2.70. The van der Waals surface area contributed by atoms with E-state index in [1.54, 1.807) is 22.8 Å². The van der Waals surface area contributed by atoms with Crippen LogP contribution < -0.4 is 5.32 Å². The third-order valence-electron chi connectivity index (χ3n) is 4.36. The zero-order valence-electron chi connectivity index (χ0n) is 13.9. The summed E-state index contributed by atoms with van der Waals surface area (Å²) in [6.07, 6.45) is 2.45. The number of hydrogen-bond acceptors (Lipinski definition) is 4. The molecule has 7 nitrogen and oxygen atoms in total. The molecule has 2 heterocycles. The van der Waals surface area contributed by atoms with Gasteiger partial charge in [-0.2, -0.15) is 0 Å². The molecule has 1 aliphatic rings. The number of rotatable bonds is 4. The number of nitrogens with zero attached hydrogens (tertiary/aromatic N) is 4. The normalized spacial score (nSPS) is 16.6. The minimum absolute atomic E-state index is 0.110. The van der Waals surface area contributed by atoms with Gasteiger partial charge in [-0.15, -0.1) is 5.10 Å². The van der Waals surface area contributed by atoms with Crippen molar-refractivity contribution in [3.8, 4) is 0 Å². The lowest BCUT2D eigenvalue weighted by Gasteiger charge is -2.35. The molecule has 0 saturated heterocycles. The SMILES string of the molecule is CCn1cc(CC(=O)N2Cc3ccccc3C[C@H]2C(=O)NC)nn1. The predicted molar refractivity (Wildman–Crippen MR) is 88.0 cm³/mol. The Kier molecular flexibility index (Phi) is 4.59. The number of nitrogens with one attached hydrogen (secondary N) is 1. The van der Waals surface area contributed by atoms with Gasteiger partial charge in [0.05, 0.1) is 12.1 Å². The number of aromatic nitrogens is 3. The molecule has 1 aromatic carbocycles. The fourth-order valence-electron chi connectivity index (χ4n) is 3.02. The third-order valence-corrected chi connectivity index (χ3v) is 4.36. The number of fused-ring (bicyclic) bond motifs is 1. The van der Waals surface area contributed by atoms with Crippen molar-refractivity contribution < 1.29 is 9.59 Å². The van der Waals surface area contributed by atoms with Gasteiger partial charge in [0.1, 0.15) is 6.04 Å². The monoisotopic (exact) mass is 327 g/mol. The van der Waals surface area contributed by atoms with Gasteiger partial charge in [0.25, 0.3) is 0 Å². The van der Waals surface area contributed by atoms with Crippen molar-refractivity contribution in [1.82, 2.24) is 25.2 Å². The zero-order chi connectivity index (χ0) is 17.1. The highest BCUT2D eigenvalue weighted by atomic mass is 16.2. The number of carbonyl (C=O) groups excluding carboxylic acids is 2. The number of hydrogen-bond donors (Lipinski definition) is 1. The molecule has 0 unspecified atom stereocenters. The fraction of sp³-hybridized carbons (Fsp3) is 0.412. The minimum Gasteiger partial charge on any atom is -0.357 e. The van der Waals surface area contributed by atoms with Crippen LogP contribution in [-0.4, -0.2) is 44.8 Å². The zero-order valence-corrected chi connectivity index (χ0v) is 13.9. The topological polar surface area (TPSA) is 80.1 Å². The van der Waals surface area contributed by atoms with Crippen LogP contribution in [0.3, 0.4) is 0 Å². The van der Waals surface area contributed by atoms with Gasteiger partial charge < -0.3 is 10.2 Å². The molecule has 1 atom stereocenters. The lowest BCUT2D eigenvalue weighted by Crippen LogP contribution is -2.52. The summed E-state index contributed by atoms with van der Waals surface area (Å²) in [5.41, 5.74) is 2.83. The predicted octanol–water partition coefficient (Wildman–Crippen LogP) is 0.540. The largest absolute Gasteiger partial charge is 0.357 e. The van der Waals surface area contributed by atoms with E-state index < -0.39 is 6.04 Å².